The summed E-state index contributed by atoms with van der Waals surface area (Å²) >= 11 is 3.46. The van der Waals surface area contributed by atoms with E-state index in [-0.39, 0.29) is 6.04 Å². The first-order valence-corrected chi connectivity index (χ1v) is 7.03. The molecule has 0 bridgehead atoms. The molecule has 0 saturated carbocycles. The van der Waals surface area contributed by atoms with E-state index in [4.69, 9.17) is 10.00 Å². The lowest BCUT2D eigenvalue weighted by Gasteiger charge is -2.18. The second-order valence-electron chi connectivity index (χ2n) is 4.44. The van der Waals surface area contributed by atoms with E-state index in [2.05, 4.69) is 34.2 Å². The van der Waals surface area contributed by atoms with Crippen LogP contribution >= 0.6 is 15.9 Å². The molecule has 0 spiro atoms. The molecular weight excluding hydrogens is 316 g/mol. The number of rotatable bonds is 4. The largest absolute Gasteiger partial charge is 0.495 e. The molecule has 0 aliphatic carbocycles. The molecule has 0 aromatic heterocycles. The predicted octanol–water partition coefficient (Wildman–Crippen LogP) is 4.50. The molecule has 1 unspecified atom stereocenters. The topological polar surface area (TPSA) is 45.0 Å². The Balaban J connectivity index is 2.20. The summed E-state index contributed by atoms with van der Waals surface area (Å²) in [7, 11) is 1.65. The molecule has 102 valence electrons. The van der Waals surface area contributed by atoms with Crippen LogP contribution in [0.15, 0.2) is 46.9 Å². The predicted molar refractivity (Wildman–Crippen MR) is 83.9 cm³/mol. The maximum Gasteiger partial charge on any atom is 0.142 e. The van der Waals surface area contributed by atoms with Crippen LogP contribution in [0.3, 0.4) is 0 Å². The van der Waals surface area contributed by atoms with Gasteiger partial charge in [-0.3, -0.25) is 0 Å². The van der Waals surface area contributed by atoms with E-state index in [1.807, 2.05) is 42.5 Å². The SMILES string of the molecule is COc1ccc(Br)cc1NC(C)c1ccc(C#N)cc1. The van der Waals surface area contributed by atoms with Crippen LogP contribution in [-0.4, -0.2) is 7.11 Å². The van der Waals surface area contributed by atoms with Crippen molar-refractivity contribution in [3.8, 4) is 11.8 Å². The fourth-order valence-corrected chi connectivity index (χ4v) is 2.32. The normalized spacial score (nSPS) is 11.5. The number of nitrogens with zero attached hydrogens (tertiary/aromatic N) is 1. The lowest BCUT2D eigenvalue weighted by molar-refractivity contribution is 0.416. The zero-order valence-electron chi connectivity index (χ0n) is 11.4. The van der Waals surface area contributed by atoms with Crippen LogP contribution in [0.4, 0.5) is 5.69 Å². The Kier molecular flexibility index (Phi) is 4.65. The summed E-state index contributed by atoms with van der Waals surface area (Å²) in [6.07, 6.45) is 0. The van der Waals surface area contributed by atoms with E-state index < -0.39 is 0 Å². The molecular formula is C16H15BrN2O. The highest BCUT2D eigenvalue weighted by molar-refractivity contribution is 9.10. The van der Waals surface area contributed by atoms with Gasteiger partial charge in [0.15, 0.2) is 0 Å². The van der Waals surface area contributed by atoms with Crippen LogP contribution in [0.1, 0.15) is 24.1 Å². The fraction of sp³-hybridized carbons (Fsp3) is 0.188. The Morgan fingerprint density at radius 3 is 2.50 bits per heavy atom. The number of hydrogen-bond acceptors (Lipinski definition) is 3. The third-order valence-corrected chi connectivity index (χ3v) is 3.57. The summed E-state index contributed by atoms with van der Waals surface area (Å²) in [6, 6.07) is 15.6. The Morgan fingerprint density at radius 1 is 1.20 bits per heavy atom. The van der Waals surface area contributed by atoms with Gasteiger partial charge < -0.3 is 10.1 Å². The van der Waals surface area contributed by atoms with Crippen molar-refractivity contribution in [2.24, 2.45) is 0 Å². The van der Waals surface area contributed by atoms with Crippen LogP contribution < -0.4 is 10.1 Å². The monoisotopic (exact) mass is 330 g/mol. The quantitative estimate of drug-likeness (QED) is 0.897. The summed E-state index contributed by atoms with van der Waals surface area (Å²) in [5.41, 5.74) is 2.71. The average Bonchev–Trinajstić information content (AvgIpc) is 2.47. The molecule has 0 saturated heterocycles. The van der Waals surface area contributed by atoms with Gasteiger partial charge in [0.2, 0.25) is 0 Å². The molecule has 1 N–H and O–H groups in total. The number of nitriles is 1. The molecule has 2 aromatic rings. The van der Waals surface area contributed by atoms with Gasteiger partial charge in [0.1, 0.15) is 5.75 Å². The molecule has 1 atom stereocenters. The Labute approximate surface area is 127 Å². The number of halogens is 1. The third-order valence-electron chi connectivity index (χ3n) is 3.07. The van der Waals surface area contributed by atoms with Gasteiger partial charge in [-0.2, -0.15) is 5.26 Å². The van der Waals surface area contributed by atoms with Crippen molar-refractivity contribution in [2.75, 3.05) is 12.4 Å². The van der Waals surface area contributed by atoms with Gasteiger partial charge in [0.25, 0.3) is 0 Å². The van der Waals surface area contributed by atoms with Gasteiger partial charge >= 0.3 is 0 Å². The summed E-state index contributed by atoms with van der Waals surface area (Å²) in [6.45, 7) is 2.07. The standard InChI is InChI=1S/C16H15BrN2O/c1-11(13-5-3-12(10-18)4-6-13)19-15-9-14(17)7-8-16(15)20-2/h3-9,11,19H,1-2H3. The van der Waals surface area contributed by atoms with Crippen molar-refractivity contribution < 1.29 is 4.74 Å². The molecule has 4 heteroatoms. The second kappa shape index (κ2) is 6.44. The summed E-state index contributed by atoms with van der Waals surface area (Å²) < 4.78 is 6.34. The summed E-state index contributed by atoms with van der Waals surface area (Å²) in [4.78, 5) is 0. The van der Waals surface area contributed by atoms with E-state index in [1.165, 1.54) is 0 Å². The molecule has 0 fully saturated rings. The van der Waals surface area contributed by atoms with E-state index in [0.717, 1.165) is 21.5 Å². The van der Waals surface area contributed by atoms with Crippen molar-refractivity contribution in [3.63, 3.8) is 0 Å². The first kappa shape index (κ1) is 14.4. The first-order valence-electron chi connectivity index (χ1n) is 6.24. The van der Waals surface area contributed by atoms with Gasteiger partial charge in [-0.1, -0.05) is 28.1 Å². The Morgan fingerprint density at radius 2 is 1.90 bits per heavy atom. The maximum atomic E-state index is 8.81. The average molecular weight is 331 g/mol. The lowest BCUT2D eigenvalue weighted by atomic mass is 10.1. The lowest BCUT2D eigenvalue weighted by Crippen LogP contribution is -2.07. The van der Waals surface area contributed by atoms with Crippen molar-refractivity contribution in [2.45, 2.75) is 13.0 Å². The summed E-state index contributed by atoms with van der Waals surface area (Å²) in [5, 5.41) is 12.2. The van der Waals surface area contributed by atoms with Gasteiger partial charge in [-0.15, -0.1) is 0 Å². The van der Waals surface area contributed by atoms with E-state index in [0.29, 0.717) is 5.56 Å². The second-order valence-corrected chi connectivity index (χ2v) is 5.36. The number of hydrogen-bond donors (Lipinski definition) is 1. The van der Waals surface area contributed by atoms with Crippen molar-refractivity contribution in [3.05, 3.63) is 58.1 Å². The molecule has 0 aliphatic rings. The highest BCUT2D eigenvalue weighted by Gasteiger charge is 2.09. The van der Waals surface area contributed by atoms with Crippen molar-refractivity contribution >= 4 is 21.6 Å². The molecule has 0 aliphatic heterocycles. The number of anilines is 1. The van der Waals surface area contributed by atoms with E-state index in [9.17, 15) is 0 Å². The molecule has 3 nitrogen and oxygen atoms in total. The van der Waals surface area contributed by atoms with Gasteiger partial charge in [0.05, 0.1) is 24.4 Å². The van der Waals surface area contributed by atoms with Gasteiger partial charge in [0, 0.05) is 10.5 Å². The minimum absolute atomic E-state index is 0.117. The molecule has 0 radical (unpaired) electrons. The highest BCUT2D eigenvalue weighted by Crippen LogP contribution is 2.31. The zero-order valence-corrected chi connectivity index (χ0v) is 12.9. The zero-order chi connectivity index (χ0) is 14.5. The number of ether oxygens (including phenoxy) is 1. The smallest absolute Gasteiger partial charge is 0.142 e. The van der Waals surface area contributed by atoms with Crippen molar-refractivity contribution in [1.82, 2.24) is 0 Å². The maximum absolute atomic E-state index is 8.81. The van der Waals surface area contributed by atoms with Gasteiger partial charge in [-0.25, -0.2) is 0 Å². The number of methoxy groups -OCH3 is 1. The number of nitrogens with one attached hydrogen (secondary N) is 1. The van der Waals surface area contributed by atoms with Crippen LogP contribution in [0.25, 0.3) is 0 Å². The summed E-state index contributed by atoms with van der Waals surface area (Å²) in [5.74, 6) is 0.800. The molecule has 0 heterocycles. The van der Waals surface area contributed by atoms with E-state index >= 15 is 0 Å². The highest BCUT2D eigenvalue weighted by atomic mass is 79.9. The van der Waals surface area contributed by atoms with Crippen molar-refractivity contribution in [1.29, 1.82) is 5.26 Å². The third kappa shape index (κ3) is 3.31. The molecule has 20 heavy (non-hydrogen) atoms. The Bertz CT molecular complexity index is 632. The van der Waals surface area contributed by atoms with Crippen LogP contribution in [0.2, 0.25) is 0 Å². The van der Waals surface area contributed by atoms with Crippen LogP contribution in [-0.2, 0) is 0 Å². The van der Waals surface area contributed by atoms with Gasteiger partial charge in [-0.05, 0) is 42.8 Å². The molecule has 0 amide bonds. The minimum Gasteiger partial charge on any atom is -0.495 e. The Hall–Kier alpha value is -1.99. The minimum atomic E-state index is 0.117. The van der Waals surface area contributed by atoms with Crippen LogP contribution in [0.5, 0.6) is 5.75 Å². The first-order chi connectivity index (χ1) is 9.63. The fourth-order valence-electron chi connectivity index (χ4n) is 1.96. The number of benzene rings is 2. The van der Waals surface area contributed by atoms with E-state index in [1.54, 1.807) is 7.11 Å². The molecule has 2 rings (SSSR count). The van der Waals surface area contributed by atoms with Crippen LogP contribution in [0, 0.1) is 11.3 Å². The molecule has 2 aromatic carbocycles.